The van der Waals surface area contributed by atoms with Gasteiger partial charge in [-0.1, -0.05) is 0 Å². The molecule has 1 aliphatic heterocycles. The molecule has 0 saturated carbocycles. The number of ketones is 1. The quantitative estimate of drug-likeness (QED) is 0.639. The van der Waals surface area contributed by atoms with Crippen LogP contribution in [0.5, 0.6) is 0 Å². The maximum Gasteiger partial charge on any atom is 0.430 e. The van der Waals surface area contributed by atoms with Gasteiger partial charge in [0.15, 0.2) is 5.78 Å². The Morgan fingerprint density at radius 2 is 1.88 bits per heavy atom. The molecule has 88 valence electrons. The van der Waals surface area contributed by atoms with Gasteiger partial charge in [-0.05, 0) is 12.8 Å². The molecule has 0 spiro atoms. The molecule has 0 radical (unpaired) electrons. The van der Waals surface area contributed by atoms with Crippen molar-refractivity contribution in [3.63, 3.8) is 0 Å². The Kier molecular flexibility index (Phi) is 2.13. The van der Waals surface area contributed by atoms with Gasteiger partial charge in [-0.25, -0.2) is 0 Å². The standard InChI is InChI=1S/C9H8F3NO3/c10-9(11,12)8(16)6-4(13-7(8)15)2-1-3-5(6)14/h16H,1-3H2,(H,13,15). The first-order valence-electron chi connectivity index (χ1n) is 4.66. The van der Waals surface area contributed by atoms with E-state index in [0.717, 1.165) is 0 Å². The number of carbonyl (C=O) groups is 2. The van der Waals surface area contributed by atoms with E-state index in [-0.39, 0.29) is 18.5 Å². The number of hydrogen-bond acceptors (Lipinski definition) is 3. The van der Waals surface area contributed by atoms with Crippen LogP contribution in [0.4, 0.5) is 13.2 Å². The van der Waals surface area contributed by atoms with Crippen molar-refractivity contribution in [3.8, 4) is 0 Å². The fraction of sp³-hybridized carbons (Fsp3) is 0.556. The molecule has 2 aliphatic rings. The van der Waals surface area contributed by atoms with Gasteiger partial charge in [0.1, 0.15) is 0 Å². The maximum absolute atomic E-state index is 12.6. The van der Waals surface area contributed by atoms with Crippen molar-refractivity contribution in [3.05, 3.63) is 11.3 Å². The van der Waals surface area contributed by atoms with Gasteiger partial charge in [0.05, 0.1) is 5.57 Å². The second-order valence-corrected chi connectivity index (χ2v) is 3.79. The third-order valence-corrected chi connectivity index (χ3v) is 2.78. The van der Waals surface area contributed by atoms with Crippen LogP contribution < -0.4 is 5.32 Å². The number of carbonyl (C=O) groups excluding carboxylic acids is 2. The zero-order valence-electron chi connectivity index (χ0n) is 8.02. The molecule has 0 aromatic rings. The van der Waals surface area contributed by atoms with Crippen LogP contribution in [0.25, 0.3) is 0 Å². The van der Waals surface area contributed by atoms with Crippen molar-refractivity contribution < 1.29 is 27.9 Å². The lowest BCUT2D eigenvalue weighted by molar-refractivity contribution is -0.235. The lowest BCUT2D eigenvalue weighted by Gasteiger charge is -2.26. The summed E-state index contributed by atoms with van der Waals surface area (Å²) in [5, 5.41) is 11.4. The van der Waals surface area contributed by atoms with Crippen LogP contribution in [0, 0.1) is 0 Å². The normalized spacial score (nSPS) is 30.5. The summed E-state index contributed by atoms with van der Waals surface area (Å²) in [5.41, 5.74) is -4.59. The summed E-state index contributed by atoms with van der Waals surface area (Å²) in [5.74, 6) is -2.40. The summed E-state index contributed by atoms with van der Waals surface area (Å²) < 4.78 is 37.9. The molecule has 1 amide bonds. The fourth-order valence-corrected chi connectivity index (χ4v) is 2.00. The summed E-state index contributed by atoms with van der Waals surface area (Å²) in [6.45, 7) is 0. The number of Topliss-reactive ketones (excluding diaryl/α,β-unsaturated/α-hetero) is 1. The van der Waals surface area contributed by atoms with Crippen LogP contribution >= 0.6 is 0 Å². The highest BCUT2D eigenvalue weighted by atomic mass is 19.4. The first-order chi connectivity index (χ1) is 7.28. The van der Waals surface area contributed by atoms with Gasteiger partial charge in [-0.2, -0.15) is 13.2 Å². The molecular weight excluding hydrogens is 227 g/mol. The molecule has 4 nitrogen and oxygen atoms in total. The minimum absolute atomic E-state index is 0.0772. The van der Waals surface area contributed by atoms with Crippen LogP contribution in [-0.4, -0.2) is 28.6 Å². The fourth-order valence-electron chi connectivity index (χ4n) is 2.00. The number of rotatable bonds is 0. The molecule has 1 aliphatic carbocycles. The lowest BCUT2D eigenvalue weighted by Crippen LogP contribution is -2.54. The number of allylic oxidation sites excluding steroid dienone is 1. The molecule has 0 saturated heterocycles. The highest BCUT2D eigenvalue weighted by Crippen LogP contribution is 2.44. The summed E-state index contributed by atoms with van der Waals surface area (Å²) in [6.07, 6.45) is -4.70. The topological polar surface area (TPSA) is 66.4 Å². The zero-order chi connectivity index (χ0) is 12.1. The third kappa shape index (κ3) is 1.21. The Morgan fingerprint density at radius 1 is 1.25 bits per heavy atom. The van der Waals surface area contributed by atoms with E-state index in [1.165, 1.54) is 0 Å². The average molecular weight is 235 g/mol. The van der Waals surface area contributed by atoms with Crippen LogP contribution in [0.15, 0.2) is 11.3 Å². The van der Waals surface area contributed by atoms with E-state index in [4.69, 9.17) is 0 Å². The molecule has 0 bridgehead atoms. The van der Waals surface area contributed by atoms with Crippen molar-refractivity contribution in [1.82, 2.24) is 5.32 Å². The lowest BCUT2D eigenvalue weighted by atomic mass is 9.85. The van der Waals surface area contributed by atoms with E-state index >= 15 is 0 Å². The van der Waals surface area contributed by atoms with Gasteiger partial charge in [0.2, 0.25) is 0 Å². The molecule has 0 aromatic carbocycles. The highest BCUT2D eigenvalue weighted by molar-refractivity contribution is 6.10. The Labute approximate surface area is 88.1 Å². The van der Waals surface area contributed by atoms with Crippen LogP contribution in [0.2, 0.25) is 0 Å². The summed E-state index contributed by atoms with van der Waals surface area (Å²) in [6, 6.07) is 0. The van der Waals surface area contributed by atoms with Crippen LogP contribution in [-0.2, 0) is 9.59 Å². The maximum atomic E-state index is 12.6. The van der Waals surface area contributed by atoms with E-state index < -0.39 is 29.0 Å². The van der Waals surface area contributed by atoms with Gasteiger partial charge in [0, 0.05) is 12.1 Å². The van der Waals surface area contributed by atoms with Crippen molar-refractivity contribution >= 4 is 11.7 Å². The van der Waals surface area contributed by atoms with Gasteiger partial charge >= 0.3 is 6.18 Å². The number of amides is 1. The van der Waals surface area contributed by atoms with Gasteiger partial charge in [0.25, 0.3) is 11.5 Å². The molecular formula is C9H8F3NO3. The molecule has 1 heterocycles. The number of halogens is 3. The molecule has 2 rings (SSSR count). The summed E-state index contributed by atoms with van der Waals surface area (Å²) in [7, 11) is 0. The molecule has 0 fully saturated rings. The van der Waals surface area contributed by atoms with Crippen molar-refractivity contribution in [2.45, 2.75) is 31.0 Å². The third-order valence-electron chi connectivity index (χ3n) is 2.78. The molecule has 1 atom stereocenters. The minimum atomic E-state index is -5.18. The number of hydrogen-bond donors (Lipinski definition) is 2. The van der Waals surface area contributed by atoms with Crippen LogP contribution in [0.3, 0.4) is 0 Å². The summed E-state index contributed by atoms with van der Waals surface area (Å²) in [4.78, 5) is 22.6. The van der Waals surface area contributed by atoms with Gasteiger partial charge in [-0.3, -0.25) is 9.59 Å². The van der Waals surface area contributed by atoms with E-state index in [2.05, 4.69) is 0 Å². The molecule has 7 heteroatoms. The van der Waals surface area contributed by atoms with Crippen molar-refractivity contribution in [2.75, 3.05) is 0 Å². The minimum Gasteiger partial charge on any atom is -0.368 e. The Bertz CT molecular complexity index is 413. The summed E-state index contributed by atoms with van der Waals surface area (Å²) >= 11 is 0. The Morgan fingerprint density at radius 3 is 2.44 bits per heavy atom. The predicted molar refractivity (Wildman–Crippen MR) is 45.0 cm³/mol. The van der Waals surface area contributed by atoms with Gasteiger partial charge < -0.3 is 10.4 Å². The molecule has 1 unspecified atom stereocenters. The number of alkyl halides is 3. The monoisotopic (exact) mass is 235 g/mol. The molecule has 16 heavy (non-hydrogen) atoms. The predicted octanol–water partition coefficient (Wildman–Crippen LogP) is 0.417. The van der Waals surface area contributed by atoms with Gasteiger partial charge in [-0.15, -0.1) is 0 Å². The first-order valence-corrected chi connectivity index (χ1v) is 4.66. The second-order valence-electron chi connectivity index (χ2n) is 3.79. The molecule has 2 N–H and O–H groups in total. The SMILES string of the molecule is O=C1CCCC2=C1C(O)(C(F)(F)F)C(=O)N2. The molecule has 0 aromatic heterocycles. The highest BCUT2D eigenvalue weighted by Gasteiger charge is 2.67. The first kappa shape index (κ1) is 11.1. The smallest absolute Gasteiger partial charge is 0.368 e. The van der Waals surface area contributed by atoms with E-state index in [1.54, 1.807) is 0 Å². The van der Waals surface area contributed by atoms with E-state index in [0.29, 0.717) is 6.42 Å². The van der Waals surface area contributed by atoms with Crippen molar-refractivity contribution in [2.24, 2.45) is 0 Å². The number of aliphatic hydroxyl groups is 1. The van der Waals surface area contributed by atoms with E-state index in [9.17, 15) is 27.9 Å². The number of nitrogens with one attached hydrogen (secondary N) is 1. The average Bonchev–Trinajstić information content (AvgIpc) is 2.40. The van der Waals surface area contributed by atoms with Crippen molar-refractivity contribution in [1.29, 1.82) is 0 Å². The zero-order valence-corrected chi connectivity index (χ0v) is 8.02. The van der Waals surface area contributed by atoms with Crippen LogP contribution in [0.1, 0.15) is 19.3 Å². The second kappa shape index (κ2) is 3.07. The van der Waals surface area contributed by atoms with E-state index in [1.807, 2.05) is 5.32 Å². The Hall–Kier alpha value is -1.37. The Balaban J connectivity index is 2.58. The largest absolute Gasteiger partial charge is 0.430 e.